The van der Waals surface area contributed by atoms with Crippen molar-refractivity contribution in [3.63, 3.8) is 0 Å². The predicted molar refractivity (Wildman–Crippen MR) is 87.4 cm³/mol. The van der Waals surface area contributed by atoms with Crippen LogP contribution in [0.15, 0.2) is 29.2 Å². The Balaban J connectivity index is 2.35. The molecule has 2 rings (SSSR count). The van der Waals surface area contributed by atoms with E-state index in [9.17, 15) is 8.42 Å². The van der Waals surface area contributed by atoms with E-state index in [1.807, 2.05) is 25.6 Å². The lowest BCUT2D eigenvalue weighted by Crippen LogP contribution is -2.27. The van der Waals surface area contributed by atoms with Crippen molar-refractivity contribution >= 4 is 21.6 Å². The minimum Gasteiger partial charge on any atom is -0.272 e. The van der Waals surface area contributed by atoms with E-state index in [1.54, 1.807) is 25.2 Å². The Kier molecular flexibility index (Phi) is 4.94. The third-order valence-electron chi connectivity index (χ3n) is 3.70. The van der Waals surface area contributed by atoms with E-state index in [-0.39, 0.29) is 11.4 Å². The Labute approximate surface area is 136 Å². The lowest BCUT2D eigenvalue weighted by atomic mass is 10.1. The molecular weight excluding hydrogens is 322 g/mol. The first-order valence-corrected chi connectivity index (χ1v) is 8.82. The Morgan fingerprint density at radius 2 is 2.05 bits per heavy atom. The third kappa shape index (κ3) is 3.19. The maximum absolute atomic E-state index is 12.6. The molecular formula is C15H20ClN3O2S. The van der Waals surface area contributed by atoms with Gasteiger partial charge in [0.05, 0.1) is 10.6 Å². The van der Waals surface area contributed by atoms with Crippen LogP contribution < -0.4 is 0 Å². The third-order valence-corrected chi connectivity index (χ3v) is 5.73. The van der Waals surface area contributed by atoms with Crippen molar-refractivity contribution in [2.24, 2.45) is 7.05 Å². The van der Waals surface area contributed by atoms with Gasteiger partial charge < -0.3 is 0 Å². The van der Waals surface area contributed by atoms with Crippen molar-refractivity contribution in [3.05, 3.63) is 46.2 Å². The van der Waals surface area contributed by atoms with E-state index in [0.29, 0.717) is 5.02 Å². The molecule has 120 valence electrons. The van der Waals surface area contributed by atoms with Gasteiger partial charge in [-0.05, 0) is 31.5 Å². The van der Waals surface area contributed by atoms with Crippen LogP contribution in [0, 0.1) is 6.92 Å². The summed E-state index contributed by atoms with van der Waals surface area (Å²) in [7, 11) is -0.133. The minimum absolute atomic E-state index is 0.196. The fourth-order valence-electron chi connectivity index (χ4n) is 2.51. The quantitative estimate of drug-likeness (QED) is 0.840. The molecule has 0 aliphatic heterocycles. The first-order chi connectivity index (χ1) is 10.3. The zero-order valence-corrected chi connectivity index (χ0v) is 14.7. The van der Waals surface area contributed by atoms with Gasteiger partial charge in [-0.2, -0.15) is 9.40 Å². The number of aromatic nitrogens is 2. The molecule has 0 aliphatic rings. The predicted octanol–water partition coefficient (Wildman–Crippen LogP) is 2.77. The number of nitrogens with zero attached hydrogens (tertiary/aromatic N) is 3. The van der Waals surface area contributed by atoms with Crippen LogP contribution in [0.4, 0.5) is 0 Å². The molecule has 0 aliphatic carbocycles. The van der Waals surface area contributed by atoms with Crippen LogP contribution in [-0.2, 0) is 30.0 Å². The van der Waals surface area contributed by atoms with Gasteiger partial charge in [0.15, 0.2) is 0 Å². The van der Waals surface area contributed by atoms with Crippen molar-refractivity contribution in [2.45, 2.75) is 31.7 Å². The largest absolute Gasteiger partial charge is 0.272 e. The first-order valence-electron chi connectivity index (χ1n) is 7.00. The molecule has 1 aromatic heterocycles. The highest BCUT2D eigenvalue weighted by Gasteiger charge is 2.24. The van der Waals surface area contributed by atoms with Crippen LogP contribution >= 0.6 is 11.6 Å². The molecule has 1 heterocycles. The normalized spacial score (nSPS) is 12.1. The topological polar surface area (TPSA) is 55.2 Å². The van der Waals surface area contributed by atoms with Gasteiger partial charge in [-0.1, -0.05) is 24.6 Å². The van der Waals surface area contributed by atoms with Gasteiger partial charge in [-0.25, -0.2) is 8.42 Å². The van der Waals surface area contributed by atoms with E-state index < -0.39 is 10.0 Å². The van der Waals surface area contributed by atoms with Crippen molar-refractivity contribution in [1.29, 1.82) is 0 Å². The van der Waals surface area contributed by atoms with Gasteiger partial charge >= 0.3 is 0 Å². The van der Waals surface area contributed by atoms with Crippen molar-refractivity contribution < 1.29 is 8.42 Å². The van der Waals surface area contributed by atoms with E-state index in [0.717, 1.165) is 23.4 Å². The lowest BCUT2D eigenvalue weighted by molar-refractivity contribution is 0.464. The number of halogens is 1. The molecule has 0 unspecified atom stereocenters. The zero-order chi connectivity index (χ0) is 16.5. The molecule has 0 spiro atoms. The molecule has 0 N–H and O–H groups in total. The van der Waals surface area contributed by atoms with Gasteiger partial charge in [0.1, 0.15) is 0 Å². The molecule has 0 saturated carbocycles. The van der Waals surface area contributed by atoms with Crippen molar-refractivity contribution in [3.8, 4) is 0 Å². The fraction of sp³-hybridized carbons (Fsp3) is 0.400. The summed E-state index contributed by atoms with van der Waals surface area (Å²) in [6, 6.07) is 6.30. The summed E-state index contributed by atoms with van der Waals surface area (Å²) in [5.41, 5.74) is 2.86. The molecule has 0 atom stereocenters. The van der Waals surface area contributed by atoms with E-state index in [4.69, 9.17) is 11.6 Å². The number of benzene rings is 1. The molecule has 1 aromatic carbocycles. The molecule has 22 heavy (non-hydrogen) atoms. The SMILES string of the molecule is CCc1c(CN(C)S(=O)(=O)c2cccc(Cl)c2)c(C)nn1C. The van der Waals surface area contributed by atoms with Crippen molar-refractivity contribution in [2.75, 3.05) is 7.05 Å². The second kappa shape index (κ2) is 6.40. The second-order valence-electron chi connectivity index (χ2n) is 5.21. The van der Waals surface area contributed by atoms with E-state index in [2.05, 4.69) is 5.10 Å². The summed E-state index contributed by atoms with van der Waals surface area (Å²) < 4.78 is 28.4. The maximum atomic E-state index is 12.6. The van der Waals surface area contributed by atoms with Crippen LogP contribution in [0.1, 0.15) is 23.9 Å². The smallest absolute Gasteiger partial charge is 0.243 e. The Morgan fingerprint density at radius 3 is 2.64 bits per heavy atom. The van der Waals surface area contributed by atoms with E-state index >= 15 is 0 Å². The standard InChI is InChI=1S/C15H20ClN3O2S/c1-5-15-14(11(2)17-19(15)4)10-18(3)22(20,21)13-8-6-7-12(16)9-13/h6-9H,5,10H2,1-4H3. The molecule has 0 amide bonds. The monoisotopic (exact) mass is 341 g/mol. The minimum atomic E-state index is -3.58. The van der Waals surface area contributed by atoms with Gasteiger partial charge in [0, 0.05) is 36.9 Å². The number of aryl methyl sites for hydroxylation is 2. The number of hydrogen-bond acceptors (Lipinski definition) is 3. The number of hydrogen-bond donors (Lipinski definition) is 0. The van der Waals surface area contributed by atoms with Crippen LogP contribution in [-0.4, -0.2) is 29.6 Å². The Bertz CT molecular complexity index is 784. The molecule has 0 saturated heterocycles. The lowest BCUT2D eigenvalue weighted by Gasteiger charge is -2.18. The molecule has 0 fully saturated rings. The van der Waals surface area contributed by atoms with Gasteiger partial charge in [0.25, 0.3) is 0 Å². The molecule has 7 heteroatoms. The van der Waals surface area contributed by atoms with E-state index in [1.165, 1.54) is 10.4 Å². The summed E-state index contributed by atoms with van der Waals surface area (Å²) in [6.45, 7) is 4.22. The molecule has 0 bridgehead atoms. The summed E-state index contributed by atoms with van der Waals surface area (Å²) in [5, 5.41) is 4.78. The number of rotatable bonds is 5. The summed E-state index contributed by atoms with van der Waals surface area (Å²) in [5.74, 6) is 0. The van der Waals surface area contributed by atoms with Crippen LogP contribution in [0.25, 0.3) is 0 Å². The maximum Gasteiger partial charge on any atom is 0.243 e. The zero-order valence-electron chi connectivity index (χ0n) is 13.2. The van der Waals surface area contributed by atoms with Crippen LogP contribution in [0.5, 0.6) is 0 Å². The second-order valence-corrected chi connectivity index (χ2v) is 7.69. The van der Waals surface area contributed by atoms with Gasteiger partial charge in [0.2, 0.25) is 10.0 Å². The van der Waals surface area contributed by atoms with Gasteiger partial charge in [-0.3, -0.25) is 4.68 Å². The summed E-state index contributed by atoms with van der Waals surface area (Å²) in [6.07, 6.45) is 0.803. The average Bonchev–Trinajstić information content (AvgIpc) is 2.72. The van der Waals surface area contributed by atoms with Crippen LogP contribution in [0.2, 0.25) is 5.02 Å². The Morgan fingerprint density at radius 1 is 1.36 bits per heavy atom. The highest BCUT2D eigenvalue weighted by atomic mass is 35.5. The highest BCUT2D eigenvalue weighted by molar-refractivity contribution is 7.89. The Hall–Kier alpha value is -1.37. The number of sulfonamides is 1. The van der Waals surface area contributed by atoms with Crippen LogP contribution in [0.3, 0.4) is 0 Å². The summed E-state index contributed by atoms with van der Waals surface area (Å²) >= 11 is 5.90. The summed E-state index contributed by atoms with van der Waals surface area (Å²) in [4.78, 5) is 0.196. The average molecular weight is 342 g/mol. The highest BCUT2D eigenvalue weighted by Crippen LogP contribution is 2.22. The fourth-order valence-corrected chi connectivity index (χ4v) is 3.95. The first kappa shape index (κ1) is 17.0. The van der Waals surface area contributed by atoms with Gasteiger partial charge in [-0.15, -0.1) is 0 Å². The van der Waals surface area contributed by atoms with Crippen molar-refractivity contribution in [1.82, 2.24) is 14.1 Å². The molecule has 0 radical (unpaired) electrons. The molecule has 5 nitrogen and oxygen atoms in total. The molecule has 2 aromatic rings.